The van der Waals surface area contributed by atoms with Crippen molar-refractivity contribution >= 4 is 39.1 Å². The number of nitrogens with one attached hydrogen (secondary N) is 2. The minimum atomic E-state index is -3.55. The fraction of sp³-hybridized carbons (Fsp3) is 0.263. The number of hydrogen-bond donors (Lipinski definition) is 2. The van der Waals surface area contributed by atoms with Gasteiger partial charge in [0.2, 0.25) is 15.9 Å². The molecule has 28 heavy (non-hydrogen) atoms. The molecule has 2 amide bonds. The van der Waals surface area contributed by atoms with E-state index in [-0.39, 0.29) is 11.4 Å². The highest BCUT2D eigenvalue weighted by atomic mass is 35.5. The van der Waals surface area contributed by atoms with Gasteiger partial charge in [0.15, 0.2) is 0 Å². The topological polar surface area (TPSA) is 95.6 Å². The minimum absolute atomic E-state index is 0.156. The van der Waals surface area contributed by atoms with Crippen LogP contribution in [0.5, 0.6) is 0 Å². The third-order valence-electron chi connectivity index (χ3n) is 3.98. The summed E-state index contributed by atoms with van der Waals surface area (Å²) in [6.45, 7) is 4.07. The minimum Gasteiger partial charge on any atom is -0.343 e. The van der Waals surface area contributed by atoms with Crippen molar-refractivity contribution in [3.63, 3.8) is 0 Å². The summed E-state index contributed by atoms with van der Waals surface area (Å²) in [4.78, 5) is 24.2. The van der Waals surface area contributed by atoms with Gasteiger partial charge in [-0.1, -0.05) is 31.5 Å². The quantitative estimate of drug-likeness (QED) is 0.682. The van der Waals surface area contributed by atoms with E-state index in [2.05, 4.69) is 10.6 Å². The summed E-state index contributed by atoms with van der Waals surface area (Å²) in [6, 6.07) is 12.3. The summed E-state index contributed by atoms with van der Waals surface area (Å²) in [5, 5.41) is 5.54. The summed E-state index contributed by atoms with van der Waals surface area (Å²) in [5.74, 6) is -0.854. The Kier molecular flexibility index (Phi) is 7.56. The molecule has 0 heterocycles. The van der Waals surface area contributed by atoms with Crippen molar-refractivity contribution in [1.29, 1.82) is 0 Å². The van der Waals surface area contributed by atoms with Crippen LogP contribution in [0.3, 0.4) is 0 Å². The van der Waals surface area contributed by atoms with Crippen LogP contribution in [-0.4, -0.2) is 44.2 Å². The van der Waals surface area contributed by atoms with E-state index < -0.39 is 21.8 Å². The normalized spacial score (nSPS) is 11.3. The molecule has 0 aliphatic rings. The smallest absolute Gasteiger partial charge is 0.251 e. The molecule has 0 unspecified atom stereocenters. The molecule has 0 saturated heterocycles. The maximum atomic E-state index is 12.4. The fourth-order valence-corrected chi connectivity index (χ4v) is 4.17. The van der Waals surface area contributed by atoms with E-state index in [0.29, 0.717) is 29.4 Å². The maximum Gasteiger partial charge on any atom is 0.251 e. The molecule has 0 fully saturated rings. The number of carbonyl (C=O) groups excluding carboxylic acids is 2. The molecule has 0 saturated carbocycles. The molecule has 0 aliphatic carbocycles. The van der Waals surface area contributed by atoms with E-state index in [1.54, 1.807) is 32.0 Å². The van der Waals surface area contributed by atoms with Gasteiger partial charge in [0.25, 0.3) is 5.91 Å². The van der Waals surface area contributed by atoms with Crippen molar-refractivity contribution in [2.24, 2.45) is 0 Å². The van der Waals surface area contributed by atoms with Crippen LogP contribution in [-0.2, 0) is 14.8 Å². The average molecular weight is 424 g/mol. The summed E-state index contributed by atoms with van der Waals surface area (Å²) < 4.78 is 26.2. The van der Waals surface area contributed by atoms with Gasteiger partial charge in [-0.25, -0.2) is 8.42 Å². The van der Waals surface area contributed by atoms with Gasteiger partial charge >= 0.3 is 0 Å². The molecule has 2 aromatic carbocycles. The van der Waals surface area contributed by atoms with Crippen molar-refractivity contribution in [3.8, 4) is 0 Å². The van der Waals surface area contributed by atoms with E-state index in [4.69, 9.17) is 11.6 Å². The number of hydrogen-bond acceptors (Lipinski definition) is 4. The highest BCUT2D eigenvalue weighted by Gasteiger charge is 2.21. The first kappa shape index (κ1) is 21.9. The molecule has 0 bridgehead atoms. The molecular formula is C19H22ClN3O4S. The first-order valence-corrected chi connectivity index (χ1v) is 10.5. The van der Waals surface area contributed by atoms with Gasteiger partial charge in [-0.05, 0) is 42.5 Å². The van der Waals surface area contributed by atoms with Crippen LogP contribution in [0.2, 0.25) is 5.02 Å². The Labute approximate surface area is 169 Å². The molecular weight excluding hydrogens is 402 g/mol. The fourth-order valence-electron chi connectivity index (χ4n) is 2.52. The third-order valence-corrected chi connectivity index (χ3v) is 6.28. The lowest BCUT2D eigenvalue weighted by atomic mass is 10.2. The van der Waals surface area contributed by atoms with E-state index in [9.17, 15) is 18.0 Å². The molecule has 2 N–H and O–H groups in total. The van der Waals surface area contributed by atoms with Crippen molar-refractivity contribution in [2.75, 3.05) is 25.0 Å². The Hall–Kier alpha value is -2.42. The Morgan fingerprint density at radius 1 is 1.04 bits per heavy atom. The standard InChI is InChI=1S/C19H22ClN3O4S/c1-3-23(4-2)28(26,27)17-10-8-16(9-11-17)22-18(24)13-21-19(25)14-6-5-7-15(20)12-14/h5-12H,3-4,13H2,1-2H3,(H,21,25)(H,22,24). The van der Waals surface area contributed by atoms with Crippen molar-refractivity contribution in [1.82, 2.24) is 9.62 Å². The van der Waals surface area contributed by atoms with Crippen molar-refractivity contribution < 1.29 is 18.0 Å². The van der Waals surface area contributed by atoms with Crippen molar-refractivity contribution in [3.05, 3.63) is 59.1 Å². The number of amides is 2. The molecule has 0 atom stereocenters. The molecule has 2 rings (SSSR count). The molecule has 0 radical (unpaired) electrons. The zero-order valence-corrected chi connectivity index (χ0v) is 17.2. The van der Waals surface area contributed by atoms with Crippen molar-refractivity contribution in [2.45, 2.75) is 18.7 Å². The summed E-state index contributed by atoms with van der Waals surface area (Å²) in [5.41, 5.74) is 0.784. The lowest BCUT2D eigenvalue weighted by molar-refractivity contribution is -0.115. The average Bonchev–Trinajstić information content (AvgIpc) is 2.67. The molecule has 150 valence electrons. The number of rotatable bonds is 8. The molecule has 0 aromatic heterocycles. The second-order valence-electron chi connectivity index (χ2n) is 5.85. The van der Waals surface area contributed by atoms with Crippen LogP contribution in [0, 0.1) is 0 Å². The SMILES string of the molecule is CCN(CC)S(=O)(=O)c1ccc(NC(=O)CNC(=O)c2cccc(Cl)c2)cc1. The van der Waals surface area contributed by atoms with Gasteiger partial charge in [0.05, 0.1) is 11.4 Å². The Morgan fingerprint density at radius 2 is 1.68 bits per heavy atom. The van der Waals surface area contributed by atoms with Crippen LogP contribution in [0.1, 0.15) is 24.2 Å². The molecule has 9 heteroatoms. The van der Waals surface area contributed by atoms with Gasteiger partial charge < -0.3 is 10.6 Å². The third kappa shape index (κ3) is 5.54. The number of nitrogens with zero attached hydrogens (tertiary/aromatic N) is 1. The van der Waals surface area contributed by atoms with Gasteiger partial charge in [-0.2, -0.15) is 4.31 Å². The van der Waals surface area contributed by atoms with Crippen LogP contribution in [0.4, 0.5) is 5.69 Å². The molecule has 0 spiro atoms. The summed E-state index contributed by atoms with van der Waals surface area (Å²) >= 11 is 5.84. The van der Waals surface area contributed by atoms with E-state index in [1.165, 1.54) is 34.6 Å². The number of sulfonamides is 1. The predicted molar refractivity (Wildman–Crippen MR) is 109 cm³/mol. The van der Waals surface area contributed by atoms with Crippen LogP contribution in [0.25, 0.3) is 0 Å². The molecule has 7 nitrogen and oxygen atoms in total. The second-order valence-corrected chi connectivity index (χ2v) is 8.23. The zero-order valence-electron chi connectivity index (χ0n) is 15.6. The van der Waals surface area contributed by atoms with Crippen LogP contribution < -0.4 is 10.6 Å². The van der Waals surface area contributed by atoms with E-state index in [0.717, 1.165) is 0 Å². The largest absolute Gasteiger partial charge is 0.343 e. The van der Waals surface area contributed by atoms with E-state index >= 15 is 0 Å². The summed E-state index contributed by atoms with van der Waals surface area (Å²) in [7, 11) is -3.55. The maximum absolute atomic E-state index is 12.4. The highest BCUT2D eigenvalue weighted by Crippen LogP contribution is 2.18. The van der Waals surface area contributed by atoms with Gasteiger partial charge in [0.1, 0.15) is 0 Å². The monoisotopic (exact) mass is 423 g/mol. The number of carbonyl (C=O) groups is 2. The Balaban J connectivity index is 1.95. The van der Waals surface area contributed by atoms with E-state index in [1.807, 2.05) is 0 Å². The number of benzene rings is 2. The lowest BCUT2D eigenvalue weighted by Crippen LogP contribution is -2.33. The predicted octanol–water partition coefficient (Wildman–Crippen LogP) is 2.74. The number of halogens is 1. The van der Waals surface area contributed by atoms with Gasteiger partial charge in [-0.3, -0.25) is 9.59 Å². The lowest BCUT2D eigenvalue weighted by Gasteiger charge is -2.18. The van der Waals surface area contributed by atoms with Crippen LogP contribution >= 0.6 is 11.6 Å². The first-order chi connectivity index (χ1) is 13.3. The Morgan fingerprint density at radius 3 is 2.25 bits per heavy atom. The molecule has 0 aliphatic heterocycles. The zero-order chi connectivity index (χ0) is 20.7. The first-order valence-electron chi connectivity index (χ1n) is 8.71. The van der Waals surface area contributed by atoms with Crippen LogP contribution in [0.15, 0.2) is 53.4 Å². The number of anilines is 1. The highest BCUT2D eigenvalue weighted by molar-refractivity contribution is 7.89. The van der Waals surface area contributed by atoms with Gasteiger partial charge in [0, 0.05) is 29.4 Å². The second kappa shape index (κ2) is 9.68. The molecule has 2 aromatic rings. The van der Waals surface area contributed by atoms with Gasteiger partial charge in [-0.15, -0.1) is 0 Å². The Bertz CT molecular complexity index is 942. The summed E-state index contributed by atoms with van der Waals surface area (Å²) in [6.07, 6.45) is 0.